The highest BCUT2D eigenvalue weighted by atomic mass is 32.1. The minimum atomic E-state index is 0.432. The van der Waals surface area contributed by atoms with Gasteiger partial charge in [-0.05, 0) is 49.2 Å². The SMILES string of the molecule is COCc1cnc2c(-c3nc4cc(C)c(C=O)cc4s3)cc(C)cc2n1. The average molecular weight is 363 g/mol. The second-order valence-corrected chi connectivity index (χ2v) is 7.32. The molecule has 0 amide bonds. The summed E-state index contributed by atoms with van der Waals surface area (Å²) in [5.74, 6) is 0. The topological polar surface area (TPSA) is 65.0 Å². The summed E-state index contributed by atoms with van der Waals surface area (Å²) in [5, 5.41) is 0.880. The summed E-state index contributed by atoms with van der Waals surface area (Å²) < 4.78 is 6.15. The molecule has 0 radical (unpaired) electrons. The fraction of sp³-hybridized carbons (Fsp3) is 0.200. The molecule has 0 aliphatic heterocycles. The van der Waals surface area contributed by atoms with E-state index in [0.29, 0.717) is 12.2 Å². The third-order valence-corrected chi connectivity index (χ3v) is 5.32. The second-order valence-electron chi connectivity index (χ2n) is 6.29. The molecule has 6 heteroatoms. The van der Waals surface area contributed by atoms with Crippen LogP contribution in [0.15, 0.2) is 30.5 Å². The number of fused-ring (bicyclic) bond motifs is 2. The number of aldehydes is 1. The van der Waals surface area contributed by atoms with Crippen LogP contribution in [0.25, 0.3) is 31.8 Å². The fourth-order valence-electron chi connectivity index (χ4n) is 3.02. The smallest absolute Gasteiger partial charge is 0.150 e. The third-order valence-electron chi connectivity index (χ3n) is 4.27. The number of thiazole rings is 1. The highest BCUT2D eigenvalue weighted by Crippen LogP contribution is 2.35. The van der Waals surface area contributed by atoms with Gasteiger partial charge in [-0.15, -0.1) is 11.3 Å². The first-order valence-electron chi connectivity index (χ1n) is 8.21. The molecule has 0 unspecified atom stereocenters. The Labute approximate surface area is 154 Å². The van der Waals surface area contributed by atoms with Gasteiger partial charge < -0.3 is 4.74 Å². The Hall–Kier alpha value is -2.70. The van der Waals surface area contributed by atoms with E-state index in [4.69, 9.17) is 9.72 Å². The number of ether oxygens (including phenoxy) is 1. The zero-order chi connectivity index (χ0) is 18.3. The Balaban J connectivity index is 1.93. The maximum atomic E-state index is 11.2. The summed E-state index contributed by atoms with van der Waals surface area (Å²) in [7, 11) is 1.64. The molecule has 0 atom stereocenters. The molecule has 0 spiro atoms. The van der Waals surface area contributed by atoms with Crippen LogP contribution in [0.2, 0.25) is 0 Å². The highest BCUT2D eigenvalue weighted by Gasteiger charge is 2.14. The zero-order valence-corrected chi connectivity index (χ0v) is 15.6. The molecule has 0 bridgehead atoms. The number of hydrogen-bond acceptors (Lipinski definition) is 6. The first kappa shape index (κ1) is 16.8. The number of aryl methyl sites for hydroxylation is 2. The second kappa shape index (κ2) is 6.55. The Bertz CT molecular complexity index is 1150. The lowest BCUT2D eigenvalue weighted by molar-refractivity contribution is 0.112. The van der Waals surface area contributed by atoms with Crippen molar-refractivity contribution in [2.75, 3.05) is 7.11 Å². The monoisotopic (exact) mass is 363 g/mol. The molecule has 0 fully saturated rings. The fourth-order valence-corrected chi connectivity index (χ4v) is 4.03. The first-order chi connectivity index (χ1) is 12.6. The van der Waals surface area contributed by atoms with Gasteiger partial charge >= 0.3 is 0 Å². The van der Waals surface area contributed by atoms with Crippen LogP contribution >= 0.6 is 11.3 Å². The predicted molar refractivity (Wildman–Crippen MR) is 104 cm³/mol. The van der Waals surface area contributed by atoms with Gasteiger partial charge in [0.05, 0.1) is 39.7 Å². The molecular formula is C20H17N3O2S. The summed E-state index contributed by atoms with van der Waals surface area (Å²) in [6.07, 6.45) is 2.63. The van der Waals surface area contributed by atoms with Crippen LogP contribution in [-0.4, -0.2) is 28.3 Å². The van der Waals surface area contributed by atoms with Crippen molar-refractivity contribution in [3.8, 4) is 10.6 Å². The van der Waals surface area contributed by atoms with Crippen LogP contribution in [-0.2, 0) is 11.3 Å². The van der Waals surface area contributed by atoms with Crippen LogP contribution in [0.1, 0.15) is 27.2 Å². The molecule has 0 aliphatic carbocycles. The molecule has 0 N–H and O–H groups in total. The van der Waals surface area contributed by atoms with Crippen molar-refractivity contribution < 1.29 is 9.53 Å². The molecule has 2 heterocycles. The lowest BCUT2D eigenvalue weighted by atomic mass is 10.1. The summed E-state index contributed by atoms with van der Waals surface area (Å²) in [4.78, 5) is 25.2. The van der Waals surface area contributed by atoms with Crippen molar-refractivity contribution in [2.24, 2.45) is 0 Å². The van der Waals surface area contributed by atoms with Crippen molar-refractivity contribution in [1.29, 1.82) is 0 Å². The Kier molecular flexibility index (Phi) is 4.22. The molecule has 0 saturated heterocycles. The van der Waals surface area contributed by atoms with Crippen LogP contribution in [0.3, 0.4) is 0 Å². The van der Waals surface area contributed by atoms with E-state index in [0.717, 1.165) is 54.9 Å². The molecule has 5 nitrogen and oxygen atoms in total. The normalized spacial score (nSPS) is 11.3. The van der Waals surface area contributed by atoms with E-state index in [2.05, 4.69) is 16.0 Å². The largest absolute Gasteiger partial charge is 0.378 e. The van der Waals surface area contributed by atoms with Crippen molar-refractivity contribution in [3.63, 3.8) is 0 Å². The number of carbonyl (C=O) groups excluding carboxylic acids is 1. The summed E-state index contributed by atoms with van der Waals surface area (Å²) in [6, 6.07) is 7.96. The Morgan fingerprint density at radius 2 is 1.96 bits per heavy atom. The quantitative estimate of drug-likeness (QED) is 0.500. The van der Waals surface area contributed by atoms with Gasteiger partial charge in [-0.25, -0.2) is 9.97 Å². The highest BCUT2D eigenvalue weighted by molar-refractivity contribution is 7.21. The number of nitrogens with zero attached hydrogens (tertiary/aromatic N) is 3. The molecule has 26 heavy (non-hydrogen) atoms. The maximum absolute atomic E-state index is 11.2. The number of carbonyl (C=O) groups is 1. The minimum Gasteiger partial charge on any atom is -0.378 e. The van der Waals surface area contributed by atoms with Crippen LogP contribution in [0.4, 0.5) is 0 Å². The molecule has 2 aromatic heterocycles. The minimum absolute atomic E-state index is 0.432. The lowest BCUT2D eigenvalue weighted by Crippen LogP contribution is -1.96. The van der Waals surface area contributed by atoms with Gasteiger partial charge in [0.2, 0.25) is 0 Å². The van der Waals surface area contributed by atoms with E-state index in [1.54, 1.807) is 24.6 Å². The van der Waals surface area contributed by atoms with Gasteiger partial charge in [0.1, 0.15) is 11.3 Å². The van der Waals surface area contributed by atoms with Gasteiger partial charge in [-0.3, -0.25) is 9.78 Å². The van der Waals surface area contributed by atoms with E-state index in [9.17, 15) is 4.79 Å². The van der Waals surface area contributed by atoms with E-state index in [-0.39, 0.29) is 0 Å². The van der Waals surface area contributed by atoms with Crippen LogP contribution in [0, 0.1) is 13.8 Å². The molecule has 0 aliphatic rings. The zero-order valence-electron chi connectivity index (χ0n) is 14.7. The van der Waals surface area contributed by atoms with Crippen molar-refractivity contribution >= 4 is 38.9 Å². The van der Waals surface area contributed by atoms with Crippen molar-refractivity contribution in [1.82, 2.24) is 15.0 Å². The molecule has 4 aromatic rings. The first-order valence-corrected chi connectivity index (χ1v) is 9.02. The van der Waals surface area contributed by atoms with E-state index < -0.39 is 0 Å². The van der Waals surface area contributed by atoms with Crippen LogP contribution in [0.5, 0.6) is 0 Å². The number of methoxy groups -OCH3 is 1. The average Bonchev–Trinajstić information content (AvgIpc) is 3.02. The lowest BCUT2D eigenvalue weighted by Gasteiger charge is -2.06. The Morgan fingerprint density at radius 1 is 1.12 bits per heavy atom. The predicted octanol–water partition coefficient (Wildman–Crippen LogP) is 4.48. The van der Waals surface area contributed by atoms with E-state index in [1.807, 2.05) is 32.0 Å². The van der Waals surface area contributed by atoms with Crippen LogP contribution < -0.4 is 0 Å². The van der Waals surface area contributed by atoms with Gasteiger partial charge in [-0.1, -0.05) is 0 Å². The number of benzene rings is 2. The molecule has 130 valence electrons. The maximum Gasteiger partial charge on any atom is 0.150 e. The standard InChI is InChI=1S/C20H17N3O2S/c1-11-4-15(19-17(5-11)22-14(8-21-19)10-25-3)20-23-16-6-12(2)13(9-24)7-18(16)26-20/h4-9H,10H2,1-3H3. The van der Waals surface area contributed by atoms with Gasteiger partial charge in [-0.2, -0.15) is 0 Å². The molecule has 4 rings (SSSR count). The summed E-state index contributed by atoms with van der Waals surface area (Å²) in [5.41, 5.74) is 7.04. The van der Waals surface area contributed by atoms with Crippen molar-refractivity contribution in [3.05, 3.63) is 52.8 Å². The summed E-state index contributed by atoms with van der Waals surface area (Å²) >= 11 is 1.56. The molecular weight excluding hydrogens is 346 g/mol. The third kappa shape index (κ3) is 2.87. The van der Waals surface area contributed by atoms with Gasteiger partial charge in [0.15, 0.2) is 0 Å². The van der Waals surface area contributed by atoms with Gasteiger partial charge in [0, 0.05) is 18.2 Å². The van der Waals surface area contributed by atoms with E-state index >= 15 is 0 Å². The number of hydrogen-bond donors (Lipinski definition) is 0. The molecule has 2 aromatic carbocycles. The van der Waals surface area contributed by atoms with E-state index in [1.165, 1.54) is 0 Å². The molecule has 0 saturated carbocycles. The van der Waals surface area contributed by atoms with Crippen molar-refractivity contribution in [2.45, 2.75) is 20.5 Å². The number of rotatable bonds is 4. The Morgan fingerprint density at radius 3 is 2.73 bits per heavy atom. The van der Waals surface area contributed by atoms with Gasteiger partial charge in [0.25, 0.3) is 0 Å². The number of aromatic nitrogens is 3. The summed E-state index contributed by atoms with van der Waals surface area (Å²) in [6.45, 7) is 4.39.